The molecule has 3 fully saturated rings. The van der Waals surface area contributed by atoms with E-state index < -0.39 is 9.84 Å². The molecule has 0 aromatic heterocycles. The van der Waals surface area contributed by atoms with Crippen LogP contribution in [0.4, 0.5) is 5.69 Å². The molecule has 1 aliphatic carbocycles. The molecule has 2 saturated heterocycles. The van der Waals surface area contributed by atoms with Gasteiger partial charge in [0.05, 0.1) is 37.5 Å². The van der Waals surface area contributed by atoms with E-state index in [-0.39, 0.29) is 28.7 Å². The largest absolute Gasteiger partial charge is 0.497 e. The molecule has 0 spiro atoms. The molecular formula is C21H28N2O5S2. The summed E-state index contributed by atoms with van der Waals surface area (Å²) in [6.45, 7) is 0. The Bertz CT molecular complexity index is 941. The molecule has 3 aliphatic rings. The van der Waals surface area contributed by atoms with Crippen LogP contribution in [-0.2, 0) is 14.6 Å². The van der Waals surface area contributed by atoms with E-state index in [1.54, 1.807) is 26.4 Å². The molecule has 0 N–H and O–H groups in total. The van der Waals surface area contributed by atoms with Crippen LogP contribution in [0.15, 0.2) is 23.2 Å². The minimum Gasteiger partial charge on any atom is -0.497 e. The first kappa shape index (κ1) is 21.5. The second-order valence-electron chi connectivity index (χ2n) is 8.19. The highest BCUT2D eigenvalue weighted by molar-refractivity contribution is 8.16. The molecule has 7 nitrogen and oxygen atoms in total. The number of carbonyl (C=O) groups is 1. The smallest absolute Gasteiger partial charge is 0.248 e. The van der Waals surface area contributed by atoms with Crippen molar-refractivity contribution in [2.24, 2.45) is 10.9 Å². The summed E-state index contributed by atoms with van der Waals surface area (Å²) in [5.74, 6) is 1.85. The van der Waals surface area contributed by atoms with Gasteiger partial charge in [-0.15, -0.1) is 0 Å². The van der Waals surface area contributed by atoms with Crippen molar-refractivity contribution in [3.05, 3.63) is 18.2 Å². The van der Waals surface area contributed by atoms with Gasteiger partial charge in [-0.25, -0.2) is 8.42 Å². The lowest BCUT2D eigenvalue weighted by molar-refractivity contribution is -0.118. The Hall–Kier alpha value is -1.74. The Morgan fingerprint density at radius 3 is 2.67 bits per heavy atom. The SMILES string of the molecule is COc1ccc(OC)c(N2C(=NC(=O)CCC3CCCC3)S[C@@H]3CS(=O)(=O)C[C@@H]32)c1. The minimum absolute atomic E-state index is 0.0420. The number of carbonyl (C=O) groups excluding carboxylic acids is 1. The van der Waals surface area contributed by atoms with E-state index in [0.29, 0.717) is 34.7 Å². The maximum atomic E-state index is 12.7. The van der Waals surface area contributed by atoms with Crippen LogP contribution in [0.25, 0.3) is 0 Å². The van der Waals surface area contributed by atoms with Crippen LogP contribution in [0.1, 0.15) is 38.5 Å². The fourth-order valence-electron chi connectivity index (χ4n) is 4.62. The number of amidine groups is 1. The molecule has 30 heavy (non-hydrogen) atoms. The number of hydrogen-bond donors (Lipinski definition) is 0. The van der Waals surface area contributed by atoms with Crippen molar-refractivity contribution >= 4 is 38.4 Å². The highest BCUT2D eigenvalue weighted by Gasteiger charge is 2.50. The molecule has 2 aliphatic heterocycles. The summed E-state index contributed by atoms with van der Waals surface area (Å²) < 4.78 is 35.4. The number of methoxy groups -OCH3 is 2. The molecule has 0 radical (unpaired) electrons. The molecule has 0 bridgehead atoms. The number of ether oxygens (including phenoxy) is 2. The number of aliphatic imine (C=N–C) groups is 1. The highest BCUT2D eigenvalue weighted by atomic mass is 32.2. The van der Waals surface area contributed by atoms with Crippen molar-refractivity contribution in [2.45, 2.75) is 49.8 Å². The molecule has 9 heteroatoms. The van der Waals surface area contributed by atoms with Gasteiger partial charge in [0.2, 0.25) is 5.91 Å². The second-order valence-corrected chi connectivity index (χ2v) is 11.5. The molecule has 1 amide bonds. The number of nitrogens with zero attached hydrogens (tertiary/aromatic N) is 2. The summed E-state index contributed by atoms with van der Waals surface area (Å²) in [7, 11) is 0.0191. The molecule has 2 atom stereocenters. The van der Waals surface area contributed by atoms with Crippen LogP contribution in [-0.4, -0.2) is 56.5 Å². The monoisotopic (exact) mass is 452 g/mol. The van der Waals surface area contributed by atoms with Gasteiger partial charge in [-0.05, 0) is 24.5 Å². The van der Waals surface area contributed by atoms with E-state index >= 15 is 0 Å². The molecule has 1 saturated carbocycles. The van der Waals surface area contributed by atoms with Gasteiger partial charge in [0.15, 0.2) is 15.0 Å². The lowest BCUT2D eigenvalue weighted by Gasteiger charge is -2.26. The predicted octanol–water partition coefficient (Wildman–Crippen LogP) is 3.28. The maximum Gasteiger partial charge on any atom is 0.248 e. The van der Waals surface area contributed by atoms with Gasteiger partial charge in [0.1, 0.15) is 11.5 Å². The van der Waals surface area contributed by atoms with Gasteiger partial charge in [0, 0.05) is 17.7 Å². The van der Waals surface area contributed by atoms with E-state index in [9.17, 15) is 13.2 Å². The van der Waals surface area contributed by atoms with Gasteiger partial charge in [-0.3, -0.25) is 4.79 Å². The third-order valence-electron chi connectivity index (χ3n) is 6.17. The van der Waals surface area contributed by atoms with E-state index in [1.165, 1.54) is 37.4 Å². The average Bonchev–Trinajstić information content (AvgIpc) is 3.40. The number of hydrogen-bond acceptors (Lipinski definition) is 6. The summed E-state index contributed by atoms with van der Waals surface area (Å²) >= 11 is 1.39. The van der Waals surface area contributed by atoms with Crippen LogP contribution in [0.2, 0.25) is 0 Å². The Morgan fingerprint density at radius 2 is 1.97 bits per heavy atom. The van der Waals surface area contributed by atoms with Crippen LogP contribution in [0, 0.1) is 5.92 Å². The molecule has 0 unspecified atom stereocenters. The van der Waals surface area contributed by atoms with E-state index in [1.807, 2.05) is 11.0 Å². The van der Waals surface area contributed by atoms with Gasteiger partial charge >= 0.3 is 0 Å². The van der Waals surface area contributed by atoms with Crippen molar-refractivity contribution in [3.8, 4) is 11.5 Å². The first-order chi connectivity index (χ1) is 14.4. The van der Waals surface area contributed by atoms with E-state index in [4.69, 9.17) is 9.47 Å². The average molecular weight is 453 g/mol. The lowest BCUT2D eigenvalue weighted by Crippen LogP contribution is -2.38. The fourth-order valence-corrected chi connectivity index (χ4v) is 8.54. The van der Waals surface area contributed by atoms with Gasteiger partial charge in [-0.2, -0.15) is 4.99 Å². The van der Waals surface area contributed by atoms with Gasteiger partial charge in [0.25, 0.3) is 0 Å². The maximum absolute atomic E-state index is 12.7. The summed E-state index contributed by atoms with van der Waals surface area (Å²) in [6.07, 6.45) is 6.23. The summed E-state index contributed by atoms with van der Waals surface area (Å²) in [5, 5.41) is 0.412. The molecule has 1 aromatic carbocycles. The standard InChI is InChI=1S/C21H28N2O5S2/c1-27-15-8-9-18(28-2)16(11-15)23-17-12-30(25,26)13-19(17)29-21(23)22-20(24)10-7-14-5-3-4-6-14/h8-9,11,14,17,19H,3-7,10,12-13H2,1-2H3/t17-,19+/m0/s1. The highest BCUT2D eigenvalue weighted by Crippen LogP contribution is 2.45. The van der Waals surface area contributed by atoms with Crippen molar-refractivity contribution in [1.82, 2.24) is 0 Å². The van der Waals surface area contributed by atoms with Crippen molar-refractivity contribution in [2.75, 3.05) is 30.6 Å². The predicted molar refractivity (Wildman–Crippen MR) is 119 cm³/mol. The molecule has 4 rings (SSSR count). The van der Waals surface area contributed by atoms with Crippen LogP contribution in [0.3, 0.4) is 0 Å². The fraction of sp³-hybridized carbons (Fsp3) is 0.619. The second kappa shape index (κ2) is 8.78. The third-order valence-corrected chi connectivity index (χ3v) is 9.38. The Labute approximate surface area is 182 Å². The number of anilines is 1. The Balaban J connectivity index is 1.63. The van der Waals surface area contributed by atoms with Crippen LogP contribution in [0.5, 0.6) is 11.5 Å². The normalized spacial score (nSPS) is 26.9. The first-order valence-electron chi connectivity index (χ1n) is 10.4. The number of amides is 1. The summed E-state index contributed by atoms with van der Waals surface area (Å²) in [6, 6.07) is 5.11. The molecule has 1 aromatic rings. The summed E-state index contributed by atoms with van der Waals surface area (Å²) in [4.78, 5) is 19.0. The Kier molecular flexibility index (Phi) is 6.29. The summed E-state index contributed by atoms with van der Waals surface area (Å²) in [5.41, 5.74) is 0.677. The van der Waals surface area contributed by atoms with E-state index in [2.05, 4.69) is 4.99 Å². The Morgan fingerprint density at radius 1 is 1.20 bits per heavy atom. The minimum atomic E-state index is -3.13. The van der Waals surface area contributed by atoms with Crippen molar-refractivity contribution < 1.29 is 22.7 Å². The number of sulfone groups is 1. The van der Waals surface area contributed by atoms with Crippen molar-refractivity contribution in [3.63, 3.8) is 0 Å². The zero-order chi connectivity index (χ0) is 21.3. The quantitative estimate of drug-likeness (QED) is 0.655. The van der Waals surface area contributed by atoms with Crippen molar-refractivity contribution in [1.29, 1.82) is 0 Å². The number of fused-ring (bicyclic) bond motifs is 1. The molecular weight excluding hydrogens is 424 g/mol. The van der Waals surface area contributed by atoms with Gasteiger partial charge < -0.3 is 14.4 Å². The molecule has 164 valence electrons. The number of benzene rings is 1. The van der Waals surface area contributed by atoms with Gasteiger partial charge in [-0.1, -0.05) is 37.4 Å². The number of rotatable bonds is 6. The van der Waals surface area contributed by atoms with E-state index in [0.717, 1.165) is 6.42 Å². The zero-order valence-electron chi connectivity index (χ0n) is 17.4. The van der Waals surface area contributed by atoms with Crippen LogP contribution < -0.4 is 14.4 Å². The first-order valence-corrected chi connectivity index (χ1v) is 13.1. The zero-order valence-corrected chi connectivity index (χ0v) is 19.0. The third kappa shape index (κ3) is 4.46. The number of thioether (sulfide) groups is 1. The lowest BCUT2D eigenvalue weighted by atomic mass is 10.0. The topological polar surface area (TPSA) is 85.3 Å². The molecule has 2 heterocycles. The van der Waals surface area contributed by atoms with Crippen LogP contribution >= 0.6 is 11.8 Å².